The predicted octanol–water partition coefficient (Wildman–Crippen LogP) is 3.11. The molecule has 0 radical (unpaired) electrons. The van der Waals surface area contributed by atoms with Crippen LogP contribution < -0.4 is 0 Å². The third-order valence-corrected chi connectivity index (χ3v) is 6.13. The van der Waals surface area contributed by atoms with E-state index in [1.54, 1.807) is 24.3 Å². The summed E-state index contributed by atoms with van der Waals surface area (Å²) >= 11 is 5.84. The minimum Gasteiger partial charge on any atom is -0.481 e. The number of aliphatic carboxylic acids is 1. The van der Waals surface area contributed by atoms with Gasteiger partial charge in [-0.1, -0.05) is 30.2 Å². The topological polar surface area (TPSA) is 71.4 Å². The van der Waals surface area contributed by atoms with Crippen molar-refractivity contribution in [2.75, 3.05) is 6.26 Å². The van der Waals surface area contributed by atoms with Gasteiger partial charge in [0.25, 0.3) is 0 Å². The van der Waals surface area contributed by atoms with Gasteiger partial charge in [0, 0.05) is 11.3 Å². The average molecular weight is 331 g/mol. The van der Waals surface area contributed by atoms with Gasteiger partial charge in [-0.25, -0.2) is 8.42 Å². The van der Waals surface area contributed by atoms with Gasteiger partial charge >= 0.3 is 5.97 Å². The van der Waals surface area contributed by atoms with Crippen LogP contribution in [0.25, 0.3) is 0 Å². The minimum atomic E-state index is -3.12. The second-order valence-electron chi connectivity index (χ2n) is 5.75. The van der Waals surface area contributed by atoms with Crippen LogP contribution in [0.2, 0.25) is 5.02 Å². The van der Waals surface area contributed by atoms with Gasteiger partial charge in [0.05, 0.1) is 11.2 Å². The van der Waals surface area contributed by atoms with Crippen LogP contribution >= 0.6 is 11.6 Å². The highest BCUT2D eigenvalue weighted by molar-refractivity contribution is 7.91. The number of sulfone groups is 1. The summed E-state index contributed by atoms with van der Waals surface area (Å²) in [4.78, 5) is 11.7. The number of carboxylic acids is 1. The molecule has 3 unspecified atom stereocenters. The van der Waals surface area contributed by atoms with E-state index in [0.29, 0.717) is 23.4 Å². The van der Waals surface area contributed by atoms with E-state index < -0.39 is 27.0 Å². The Labute approximate surface area is 130 Å². The molecule has 0 aromatic heterocycles. The molecule has 4 nitrogen and oxygen atoms in total. The van der Waals surface area contributed by atoms with Crippen molar-refractivity contribution in [3.63, 3.8) is 0 Å². The van der Waals surface area contributed by atoms with E-state index >= 15 is 0 Å². The van der Waals surface area contributed by atoms with Crippen LogP contribution in [0.15, 0.2) is 24.3 Å². The highest BCUT2D eigenvalue weighted by Gasteiger charge is 2.36. The van der Waals surface area contributed by atoms with Crippen LogP contribution in [0.4, 0.5) is 0 Å². The molecule has 21 heavy (non-hydrogen) atoms. The summed E-state index contributed by atoms with van der Waals surface area (Å²) in [5, 5.41) is 9.69. The SMILES string of the molecule is CS(=O)(=O)C1CCCC(C(C(=O)O)c2ccc(Cl)cc2)C1. The van der Waals surface area contributed by atoms with Gasteiger partial charge < -0.3 is 5.11 Å². The third-order valence-electron chi connectivity index (χ3n) is 4.24. The number of benzene rings is 1. The quantitative estimate of drug-likeness (QED) is 0.920. The number of hydrogen-bond acceptors (Lipinski definition) is 3. The minimum absolute atomic E-state index is 0.155. The largest absolute Gasteiger partial charge is 0.481 e. The zero-order valence-corrected chi connectivity index (χ0v) is 13.4. The van der Waals surface area contributed by atoms with Gasteiger partial charge in [-0.05, 0) is 42.9 Å². The van der Waals surface area contributed by atoms with Gasteiger partial charge in [-0.15, -0.1) is 0 Å². The maximum absolute atomic E-state index is 11.7. The second kappa shape index (κ2) is 6.36. The Bertz CT molecular complexity index is 609. The molecule has 3 atom stereocenters. The number of hydrogen-bond donors (Lipinski definition) is 1. The lowest BCUT2D eigenvalue weighted by molar-refractivity contribution is -0.140. The van der Waals surface area contributed by atoms with E-state index in [-0.39, 0.29) is 5.92 Å². The summed E-state index contributed by atoms with van der Waals surface area (Å²) in [5.41, 5.74) is 0.686. The fourth-order valence-electron chi connectivity index (χ4n) is 3.16. The van der Waals surface area contributed by atoms with Crippen molar-refractivity contribution in [1.82, 2.24) is 0 Å². The molecule has 1 aromatic carbocycles. The number of carboxylic acid groups (broad SMARTS) is 1. The Morgan fingerprint density at radius 3 is 2.43 bits per heavy atom. The maximum Gasteiger partial charge on any atom is 0.311 e. The molecule has 2 rings (SSSR count). The monoisotopic (exact) mass is 330 g/mol. The lowest BCUT2D eigenvalue weighted by atomic mass is 9.76. The zero-order chi connectivity index (χ0) is 15.6. The van der Waals surface area contributed by atoms with Crippen molar-refractivity contribution in [3.05, 3.63) is 34.9 Å². The van der Waals surface area contributed by atoms with Crippen molar-refractivity contribution in [2.24, 2.45) is 5.92 Å². The Hall–Kier alpha value is -1.07. The van der Waals surface area contributed by atoms with Gasteiger partial charge in [0.15, 0.2) is 0 Å². The lowest BCUT2D eigenvalue weighted by Crippen LogP contribution is -2.32. The van der Waals surface area contributed by atoms with Crippen LogP contribution in [-0.2, 0) is 14.6 Å². The lowest BCUT2D eigenvalue weighted by Gasteiger charge is -2.32. The molecule has 1 saturated carbocycles. The van der Waals surface area contributed by atoms with E-state index in [1.807, 2.05) is 0 Å². The fraction of sp³-hybridized carbons (Fsp3) is 0.533. The number of rotatable bonds is 4. The smallest absolute Gasteiger partial charge is 0.311 e. The first kappa shape index (κ1) is 16.3. The van der Waals surface area contributed by atoms with Crippen LogP contribution in [0.1, 0.15) is 37.2 Å². The summed E-state index contributed by atoms with van der Waals surface area (Å²) in [5.74, 6) is -1.74. The van der Waals surface area contributed by atoms with Crippen LogP contribution in [0, 0.1) is 5.92 Å². The summed E-state index contributed by atoms with van der Waals surface area (Å²) < 4.78 is 23.5. The summed E-state index contributed by atoms with van der Waals surface area (Å²) in [7, 11) is -3.12. The van der Waals surface area contributed by atoms with E-state index in [0.717, 1.165) is 12.8 Å². The molecular formula is C15H19ClO4S. The Morgan fingerprint density at radius 2 is 1.90 bits per heavy atom. The third kappa shape index (κ3) is 3.98. The summed E-state index contributed by atoms with van der Waals surface area (Å²) in [6, 6.07) is 6.77. The first-order chi connectivity index (χ1) is 9.79. The molecule has 0 saturated heterocycles. The first-order valence-corrected chi connectivity index (χ1v) is 9.29. The Balaban J connectivity index is 2.26. The van der Waals surface area contributed by atoms with Crippen molar-refractivity contribution < 1.29 is 18.3 Å². The second-order valence-corrected chi connectivity index (χ2v) is 8.51. The Kier molecular flexibility index (Phi) is 4.94. The van der Waals surface area contributed by atoms with E-state index in [1.165, 1.54) is 6.26 Å². The molecule has 0 aliphatic heterocycles. The van der Waals surface area contributed by atoms with Gasteiger partial charge in [0.1, 0.15) is 9.84 Å². The van der Waals surface area contributed by atoms with Gasteiger partial charge in [-0.2, -0.15) is 0 Å². The molecule has 0 amide bonds. The van der Waals surface area contributed by atoms with Crippen LogP contribution in [0.3, 0.4) is 0 Å². The van der Waals surface area contributed by atoms with Gasteiger partial charge in [-0.3, -0.25) is 4.79 Å². The van der Waals surface area contributed by atoms with E-state index in [9.17, 15) is 18.3 Å². The van der Waals surface area contributed by atoms with E-state index in [2.05, 4.69) is 0 Å². The van der Waals surface area contributed by atoms with Crippen LogP contribution in [-0.4, -0.2) is 31.0 Å². The summed E-state index contributed by atoms with van der Waals surface area (Å²) in [6.07, 6.45) is 3.77. The van der Waals surface area contributed by atoms with Crippen molar-refractivity contribution in [2.45, 2.75) is 36.9 Å². The highest BCUT2D eigenvalue weighted by Crippen LogP contribution is 2.38. The Morgan fingerprint density at radius 1 is 1.29 bits per heavy atom. The summed E-state index contributed by atoms with van der Waals surface area (Å²) in [6.45, 7) is 0. The standard InChI is InChI=1S/C15H19ClO4S/c1-21(19,20)13-4-2-3-11(9-13)14(15(17)18)10-5-7-12(16)8-6-10/h5-8,11,13-14H,2-4,9H2,1H3,(H,17,18). The fourth-order valence-corrected chi connectivity index (χ4v) is 4.48. The predicted molar refractivity (Wildman–Crippen MR) is 82.4 cm³/mol. The van der Waals surface area contributed by atoms with Gasteiger partial charge in [0.2, 0.25) is 0 Å². The van der Waals surface area contributed by atoms with E-state index in [4.69, 9.17) is 11.6 Å². The molecular weight excluding hydrogens is 312 g/mol. The molecule has 1 N–H and O–H groups in total. The molecule has 1 aliphatic rings. The van der Waals surface area contributed by atoms with Crippen molar-refractivity contribution in [3.8, 4) is 0 Å². The molecule has 0 spiro atoms. The van der Waals surface area contributed by atoms with Crippen LogP contribution in [0.5, 0.6) is 0 Å². The molecule has 116 valence electrons. The van der Waals surface area contributed by atoms with Crippen molar-refractivity contribution in [1.29, 1.82) is 0 Å². The molecule has 1 aromatic rings. The molecule has 0 heterocycles. The molecule has 6 heteroatoms. The first-order valence-electron chi connectivity index (χ1n) is 6.96. The zero-order valence-electron chi connectivity index (χ0n) is 11.8. The maximum atomic E-state index is 11.7. The molecule has 1 fully saturated rings. The average Bonchev–Trinajstić information content (AvgIpc) is 2.40. The molecule has 0 bridgehead atoms. The molecule has 1 aliphatic carbocycles. The highest BCUT2D eigenvalue weighted by atomic mass is 35.5. The normalized spacial score (nSPS) is 24.5. The number of halogens is 1. The number of carbonyl (C=O) groups is 1. The van der Waals surface area contributed by atoms with Crippen molar-refractivity contribution >= 4 is 27.4 Å².